The third-order valence-electron chi connectivity index (χ3n) is 3.44. The fraction of sp³-hybridized carbons (Fsp3) is 0.400. The molecule has 0 unspecified atom stereocenters. The second-order valence-electron chi connectivity index (χ2n) is 5.53. The highest BCUT2D eigenvalue weighted by molar-refractivity contribution is 8.00. The summed E-state index contributed by atoms with van der Waals surface area (Å²) in [6.07, 6.45) is 5.49. The number of aromatic nitrogens is 4. The van der Waals surface area contributed by atoms with Gasteiger partial charge >= 0.3 is 0 Å². The summed E-state index contributed by atoms with van der Waals surface area (Å²) >= 11 is 4.72. The summed E-state index contributed by atoms with van der Waals surface area (Å²) in [5, 5.41) is 13.5. The number of sulfone groups is 1. The van der Waals surface area contributed by atoms with Gasteiger partial charge in [-0.05, 0) is 36.0 Å². The molecule has 0 aliphatic carbocycles. The molecule has 10 heteroatoms. The molecule has 0 saturated carbocycles. The molecule has 0 aliphatic rings. The molecule has 0 N–H and O–H groups in total. The van der Waals surface area contributed by atoms with Crippen LogP contribution in [0.5, 0.6) is 0 Å². The first kappa shape index (κ1) is 18.6. The van der Waals surface area contributed by atoms with E-state index in [-0.39, 0.29) is 5.75 Å². The fourth-order valence-electron chi connectivity index (χ4n) is 2.30. The molecule has 0 aliphatic heterocycles. The van der Waals surface area contributed by atoms with Crippen molar-refractivity contribution in [3.8, 4) is 10.7 Å². The lowest BCUT2D eigenvalue weighted by atomic mass is 10.2. The molecule has 3 aromatic rings. The summed E-state index contributed by atoms with van der Waals surface area (Å²) in [4.78, 5) is 5.38. The summed E-state index contributed by atoms with van der Waals surface area (Å²) in [6, 6.07) is 4.03. The molecular weight excluding hydrogens is 396 g/mol. The Hall–Kier alpha value is -1.23. The van der Waals surface area contributed by atoms with Crippen LogP contribution in [-0.4, -0.2) is 40.2 Å². The van der Waals surface area contributed by atoms with E-state index in [0.29, 0.717) is 6.42 Å². The number of thiophene rings is 1. The molecule has 3 aromatic heterocycles. The van der Waals surface area contributed by atoms with Gasteiger partial charge in [-0.15, -0.1) is 32.9 Å². The van der Waals surface area contributed by atoms with E-state index in [2.05, 4.69) is 19.7 Å². The molecule has 0 atom stereocenters. The highest BCUT2D eigenvalue weighted by Crippen LogP contribution is 2.32. The first-order chi connectivity index (χ1) is 12.0. The van der Waals surface area contributed by atoms with Gasteiger partial charge < -0.3 is 4.57 Å². The summed E-state index contributed by atoms with van der Waals surface area (Å²) < 4.78 is 25.5. The third kappa shape index (κ3) is 5.37. The van der Waals surface area contributed by atoms with E-state index >= 15 is 0 Å². The van der Waals surface area contributed by atoms with Gasteiger partial charge in [0.2, 0.25) is 0 Å². The Balaban J connectivity index is 1.71. The van der Waals surface area contributed by atoms with Crippen LogP contribution >= 0.6 is 34.4 Å². The second kappa shape index (κ2) is 8.43. The molecule has 0 radical (unpaired) electrons. The van der Waals surface area contributed by atoms with E-state index in [1.54, 1.807) is 28.9 Å². The molecule has 3 rings (SSSR count). The summed E-state index contributed by atoms with van der Waals surface area (Å²) in [5.41, 5.74) is 0. The van der Waals surface area contributed by atoms with Crippen LogP contribution in [0.25, 0.3) is 10.7 Å². The van der Waals surface area contributed by atoms with E-state index < -0.39 is 9.84 Å². The number of nitrogens with zero attached hydrogens (tertiary/aromatic N) is 4. The van der Waals surface area contributed by atoms with E-state index in [9.17, 15) is 8.42 Å². The predicted octanol–water partition coefficient (Wildman–Crippen LogP) is 3.83. The molecule has 0 bridgehead atoms. The number of hydrogen-bond donors (Lipinski definition) is 0. The maximum absolute atomic E-state index is 11.2. The zero-order valence-electron chi connectivity index (χ0n) is 13.7. The Labute approximate surface area is 159 Å². The molecular formula is C15H18N4O2S4. The molecule has 25 heavy (non-hydrogen) atoms. The highest BCUT2D eigenvalue weighted by atomic mass is 32.2. The van der Waals surface area contributed by atoms with Crippen LogP contribution in [0.4, 0.5) is 0 Å². The maximum Gasteiger partial charge on any atom is 0.198 e. The van der Waals surface area contributed by atoms with E-state index in [0.717, 1.165) is 39.6 Å². The van der Waals surface area contributed by atoms with Crippen molar-refractivity contribution in [2.75, 3.05) is 12.0 Å². The second-order valence-corrected chi connectivity index (χ2v) is 10.8. The molecule has 3 heterocycles. The quantitative estimate of drug-likeness (QED) is 0.495. The van der Waals surface area contributed by atoms with Crippen LogP contribution in [0.3, 0.4) is 0 Å². The molecule has 0 fully saturated rings. The van der Waals surface area contributed by atoms with Crippen molar-refractivity contribution in [3.05, 3.63) is 29.1 Å². The first-order valence-corrected chi connectivity index (χ1v) is 12.4. The lowest BCUT2D eigenvalue weighted by Crippen LogP contribution is -2.05. The van der Waals surface area contributed by atoms with Gasteiger partial charge in [-0.2, -0.15) is 0 Å². The van der Waals surface area contributed by atoms with Gasteiger partial charge in [0.15, 0.2) is 15.3 Å². The van der Waals surface area contributed by atoms with E-state index in [1.807, 2.05) is 22.9 Å². The van der Waals surface area contributed by atoms with Crippen molar-refractivity contribution in [3.63, 3.8) is 0 Å². The molecule has 134 valence electrons. The van der Waals surface area contributed by atoms with Crippen molar-refractivity contribution < 1.29 is 8.42 Å². The van der Waals surface area contributed by atoms with Gasteiger partial charge in [-0.3, -0.25) is 0 Å². The van der Waals surface area contributed by atoms with Gasteiger partial charge in [0.05, 0.1) is 4.88 Å². The van der Waals surface area contributed by atoms with Gasteiger partial charge in [-0.25, -0.2) is 13.4 Å². The summed E-state index contributed by atoms with van der Waals surface area (Å²) in [5.74, 6) is 1.10. The van der Waals surface area contributed by atoms with E-state index in [1.165, 1.54) is 18.0 Å². The normalized spacial score (nSPS) is 11.9. The topological polar surface area (TPSA) is 77.7 Å². The molecule has 6 nitrogen and oxygen atoms in total. The van der Waals surface area contributed by atoms with Crippen molar-refractivity contribution >= 4 is 44.3 Å². The number of rotatable bonds is 9. The van der Waals surface area contributed by atoms with Crippen molar-refractivity contribution in [1.29, 1.82) is 0 Å². The van der Waals surface area contributed by atoms with Crippen LogP contribution in [0.1, 0.15) is 19.3 Å². The Morgan fingerprint density at radius 3 is 2.72 bits per heavy atom. The zero-order valence-corrected chi connectivity index (χ0v) is 16.9. The minimum absolute atomic E-state index is 0.244. The minimum Gasteiger partial charge on any atom is -0.301 e. The van der Waals surface area contributed by atoms with Crippen LogP contribution in [0, 0.1) is 0 Å². The standard InChI is InChI=1S/C15H18N4O2S4/c1-25(20,21)11-4-2-3-8-19-13(12-6-5-9-22-12)17-18-14(19)24-15-16-7-10-23-15/h5-7,9-10H,2-4,8,11H2,1H3. The predicted molar refractivity (Wildman–Crippen MR) is 103 cm³/mol. The average molecular weight is 415 g/mol. The lowest BCUT2D eigenvalue weighted by Gasteiger charge is -2.08. The van der Waals surface area contributed by atoms with Crippen molar-refractivity contribution in [1.82, 2.24) is 19.7 Å². The van der Waals surface area contributed by atoms with Crippen LogP contribution in [0.15, 0.2) is 38.6 Å². The Morgan fingerprint density at radius 1 is 1.16 bits per heavy atom. The smallest absolute Gasteiger partial charge is 0.198 e. The Kier molecular flexibility index (Phi) is 6.26. The Bertz CT molecular complexity index is 886. The van der Waals surface area contributed by atoms with Gasteiger partial charge in [0.25, 0.3) is 0 Å². The van der Waals surface area contributed by atoms with Crippen molar-refractivity contribution in [2.24, 2.45) is 0 Å². The highest BCUT2D eigenvalue weighted by Gasteiger charge is 2.16. The average Bonchev–Trinajstić information content (AvgIpc) is 3.28. The van der Waals surface area contributed by atoms with Gasteiger partial charge in [0, 0.05) is 30.1 Å². The van der Waals surface area contributed by atoms with Crippen LogP contribution in [-0.2, 0) is 16.4 Å². The zero-order chi connectivity index (χ0) is 17.7. The summed E-state index contributed by atoms with van der Waals surface area (Å²) in [7, 11) is -2.89. The number of thiazole rings is 1. The maximum atomic E-state index is 11.2. The fourth-order valence-corrected chi connectivity index (χ4v) is 5.33. The molecule has 0 saturated heterocycles. The minimum atomic E-state index is -2.89. The SMILES string of the molecule is CS(=O)(=O)CCCCCn1c(Sc2nccs2)nnc1-c1cccs1. The van der Waals surface area contributed by atoms with Crippen LogP contribution < -0.4 is 0 Å². The van der Waals surface area contributed by atoms with Gasteiger partial charge in [0.1, 0.15) is 9.84 Å². The lowest BCUT2D eigenvalue weighted by molar-refractivity contribution is 0.563. The van der Waals surface area contributed by atoms with Crippen molar-refractivity contribution in [2.45, 2.75) is 35.3 Å². The van der Waals surface area contributed by atoms with E-state index in [4.69, 9.17) is 0 Å². The Morgan fingerprint density at radius 2 is 2.04 bits per heavy atom. The number of hydrogen-bond acceptors (Lipinski definition) is 8. The monoisotopic (exact) mass is 414 g/mol. The third-order valence-corrected chi connectivity index (χ3v) is 7.21. The molecule has 0 aromatic carbocycles. The largest absolute Gasteiger partial charge is 0.301 e. The summed E-state index contributed by atoms with van der Waals surface area (Å²) in [6.45, 7) is 0.762. The number of unbranched alkanes of at least 4 members (excludes halogenated alkanes) is 2. The van der Waals surface area contributed by atoms with Crippen LogP contribution in [0.2, 0.25) is 0 Å². The molecule has 0 spiro atoms. The first-order valence-electron chi connectivity index (χ1n) is 7.75. The van der Waals surface area contributed by atoms with Gasteiger partial charge in [-0.1, -0.05) is 12.5 Å². The molecule has 0 amide bonds.